The Bertz CT molecular complexity index is 308. The van der Waals surface area contributed by atoms with Gasteiger partial charge in [0.2, 0.25) is 0 Å². The maximum Gasteiger partial charge on any atom is 0.317 e. The topological polar surface area (TPSA) is 69.6 Å². The van der Waals surface area contributed by atoms with Crippen molar-refractivity contribution >= 4 is 23.8 Å². The molecule has 0 aromatic carbocycles. The highest BCUT2D eigenvalue weighted by molar-refractivity contribution is 7.99. The van der Waals surface area contributed by atoms with Gasteiger partial charge in [-0.2, -0.15) is 11.8 Å². The van der Waals surface area contributed by atoms with E-state index in [4.69, 9.17) is 5.11 Å². The fourth-order valence-corrected chi connectivity index (χ4v) is 2.63. The molecule has 1 rings (SSSR count). The van der Waals surface area contributed by atoms with Crippen LogP contribution in [-0.4, -0.2) is 52.1 Å². The average molecular weight is 288 g/mol. The summed E-state index contributed by atoms with van der Waals surface area (Å²) in [6, 6.07) is 0.270. The lowest BCUT2D eigenvalue weighted by atomic mass is 10.2. The lowest BCUT2D eigenvalue weighted by Gasteiger charge is -2.24. The molecule has 0 aromatic heterocycles. The Morgan fingerprint density at radius 1 is 1.47 bits per heavy atom. The first-order chi connectivity index (χ1) is 9.04. The van der Waals surface area contributed by atoms with Gasteiger partial charge in [-0.15, -0.1) is 0 Å². The van der Waals surface area contributed by atoms with E-state index < -0.39 is 5.97 Å². The standard InChI is InChI=1S/C13H24N2O3S/c1-3-19-9-7-10(2)14-13(18)15(11-4-5-11)8-6-12(16)17/h10-11H,3-9H2,1-2H3,(H,14,18)(H,16,17). The summed E-state index contributed by atoms with van der Waals surface area (Å²) in [5, 5.41) is 11.7. The number of rotatable bonds is 9. The monoisotopic (exact) mass is 288 g/mol. The molecule has 1 saturated carbocycles. The van der Waals surface area contributed by atoms with Crippen LogP contribution in [0.25, 0.3) is 0 Å². The maximum atomic E-state index is 12.1. The fourth-order valence-electron chi connectivity index (χ4n) is 1.82. The molecule has 19 heavy (non-hydrogen) atoms. The van der Waals surface area contributed by atoms with Crippen LogP contribution >= 0.6 is 11.8 Å². The molecule has 0 heterocycles. The highest BCUT2D eigenvalue weighted by atomic mass is 32.2. The van der Waals surface area contributed by atoms with E-state index in [0.717, 1.165) is 30.8 Å². The molecular formula is C13H24N2O3S. The Balaban J connectivity index is 2.32. The first-order valence-electron chi connectivity index (χ1n) is 6.91. The van der Waals surface area contributed by atoms with E-state index in [1.54, 1.807) is 4.90 Å². The zero-order chi connectivity index (χ0) is 14.3. The van der Waals surface area contributed by atoms with Crippen molar-refractivity contribution in [3.8, 4) is 0 Å². The van der Waals surface area contributed by atoms with Crippen LogP contribution in [0.15, 0.2) is 0 Å². The third-order valence-electron chi connectivity index (χ3n) is 3.08. The quantitative estimate of drug-likeness (QED) is 0.638. The third kappa shape index (κ3) is 6.71. The van der Waals surface area contributed by atoms with Gasteiger partial charge in [0.05, 0.1) is 6.42 Å². The highest BCUT2D eigenvalue weighted by Gasteiger charge is 2.32. The van der Waals surface area contributed by atoms with Gasteiger partial charge in [-0.1, -0.05) is 6.92 Å². The van der Waals surface area contributed by atoms with E-state index in [2.05, 4.69) is 12.2 Å². The molecule has 0 spiro atoms. The zero-order valence-corrected chi connectivity index (χ0v) is 12.5. The van der Waals surface area contributed by atoms with Crippen molar-refractivity contribution in [3.63, 3.8) is 0 Å². The molecule has 0 radical (unpaired) electrons. The summed E-state index contributed by atoms with van der Waals surface area (Å²) >= 11 is 1.86. The summed E-state index contributed by atoms with van der Waals surface area (Å²) in [5.41, 5.74) is 0. The molecule has 2 amide bonds. The smallest absolute Gasteiger partial charge is 0.317 e. The van der Waals surface area contributed by atoms with E-state index in [1.165, 1.54) is 0 Å². The number of nitrogens with one attached hydrogen (secondary N) is 1. The number of carbonyl (C=O) groups is 2. The van der Waals surface area contributed by atoms with Crippen molar-refractivity contribution in [1.82, 2.24) is 10.2 Å². The van der Waals surface area contributed by atoms with E-state index in [0.29, 0.717) is 6.54 Å². The molecule has 1 unspecified atom stereocenters. The number of nitrogens with zero attached hydrogens (tertiary/aromatic N) is 1. The molecule has 1 fully saturated rings. The molecule has 0 aromatic rings. The van der Waals surface area contributed by atoms with Gasteiger partial charge in [0, 0.05) is 18.6 Å². The molecule has 1 aliphatic carbocycles. The Morgan fingerprint density at radius 3 is 2.68 bits per heavy atom. The number of amides is 2. The summed E-state index contributed by atoms with van der Waals surface area (Å²) in [6.07, 6.45) is 2.95. The number of urea groups is 1. The van der Waals surface area contributed by atoms with Crippen LogP contribution in [0.5, 0.6) is 0 Å². The molecule has 2 N–H and O–H groups in total. The Hall–Kier alpha value is -0.910. The van der Waals surface area contributed by atoms with Gasteiger partial charge in [0.1, 0.15) is 0 Å². The number of hydrogen-bond donors (Lipinski definition) is 2. The number of thioether (sulfide) groups is 1. The molecule has 5 nitrogen and oxygen atoms in total. The summed E-state index contributed by atoms with van der Waals surface area (Å²) in [4.78, 5) is 24.4. The van der Waals surface area contributed by atoms with Gasteiger partial charge in [-0.25, -0.2) is 4.79 Å². The lowest BCUT2D eigenvalue weighted by molar-refractivity contribution is -0.137. The summed E-state index contributed by atoms with van der Waals surface area (Å²) < 4.78 is 0. The Labute approximate surface area is 119 Å². The largest absolute Gasteiger partial charge is 0.481 e. The van der Waals surface area contributed by atoms with Crippen LogP contribution in [0.1, 0.15) is 39.5 Å². The third-order valence-corrected chi connectivity index (χ3v) is 4.02. The minimum atomic E-state index is -0.856. The number of carbonyl (C=O) groups excluding carboxylic acids is 1. The molecule has 1 atom stereocenters. The predicted octanol–water partition coefficient (Wildman–Crippen LogP) is 2.17. The maximum absolute atomic E-state index is 12.1. The van der Waals surface area contributed by atoms with Crippen molar-refractivity contribution in [3.05, 3.63) is 0 Å². The second kappa shape index (κ2) is 8.30. The minimum absolute atomic E-state index is 0.0178. The molecule has 6 heteroatoms. The average Bonchev–Trinajstić information content (AvgIpc) is 3.13. The number of carboxylic acid groups (broad SMARTS) is 1. The van der Waals surface area contributed by atoms with Crippen LogP contribution in [0.3, 0.4) is 0 Å². The first-order valence-corrected chi connectivity index (χ1v) is 8.06. The zero-order valence-electron chi connectivity index (χ0n) is 11.7. The SMILES string of the molecule is CCSCCC(C)NC(=O)N(CCC(=O)O)C1CC1. The van der Waals surface area contributed by atoms with E-state index in [-0.39, 0.29) is 24.5 Å². The number of hydrogen-bond acceptors (Lipinski definition) is 3. The number of carboxylic acids is 1. The Kier molecular flexibility index (Phi) is 7.05. The van der Waals surface area contributed by atoms with Crippen molar-refractivity contribution in [2.75, 3.05) is 18.1 Å². The minimum Gasteiger partial charge on any atom is -0.481 e. The van der Waals surface area contributed by atoms with Gasteiger partial charge >= 0.3 is 12.0 Å². The van der Waals surface area contributed by atoms with Gasteiger partial charge < -0.3 is 15.3 Å². The van der Waals surface area contributed by atoms with Gasteiger partial charge in [-0.3, -0.25) is 4.79 Å². The van der Waals surface area contributed by atoms with Crippen LogP contribution in [0, 0.1) is 0 Å². The molecular weight excluding hydrogens is 264 g/mol. The molecule has 0 aliphatic heterocycles. The van der Waals surface area contributed by atoms with Crippen molar-refractivity contribution in [2.24, 2.45) is 0 Å². The lowest BCUT2D eigenvalue weighted by Crippen LogP contribution is -2.45. The molecule has 110 valence electrons. The summed E-state index contributed by atoms with van der Waals surface area (Å²) in [5.74, 6) is 1.27. The molecule has 0 bridgehead atoms. The van der Waals surface area contributed by atoms with Gasteiger partial charge in [0.15, 0.2) is 0 Å². The van der Waals surface area contributed by atoms with Gasteiger partial charge in [-0.05, 0) is 37.7 Å². The van der Waals surface area contributed by atoms with Crippen LogP contribution in [-0.2, 0) is 4.79 Å². The van der Waals surface area contributed by atoms with E-state index in [9.17, 15) is 9.59 Å². The predicted molar refractivity (Wildman–Crippen MR) is 77.6 cm³/mol. The highest BCUT2D eigenvalue weighted by Crippen LogP contribution is 2.27. The second-order valence-electron chi connectivity index (χ2n) is 4.90. The van der Waals surface area contributed by atoms with Crippen molar-refractivity contribution in [1.29, 1.82) is 0 Å². The van der Waals surface area contributed by atoms with E-state index in [1.807, 2.05) is 18.7 Å². The fraction of sp³-hybridized carbons (Fsp3) is 0.846. The summed E-state index contributed by atoms with van der Waals surface area (Å²) in [7, 11) is 0. The van der Waals surface area contributed by atoms with Gasteiger partial charge in [0.25, 0.3) is 0 Å². The summed E-state index contributed by atoms with van der Waals surface area (Å²) in [6.45, 7) is 4.42. The normalized spacial score (nSPS) is 15.9. The van der Waals surface area contributed by atoms with Crippen LogP contribution in [0.2, 0.25) is 0 Å². The second-order valence-corrected chi connectivity index (χ2v) is 6.30. The van der Waals surface area contributed by atoms with Crippen molar-refractivity contribution < 1.29 is 14.7 Å². The Morgan fingerprint density at radius 2 is 2.16 bits per heavy atom. The van der Waals surface area contributed by atoms with E-state index >= 15 is 0 Å². The van der Waals surface area contributed by atoms with Crippen LogP contribution in [0.4, 0.5) is 4.79 Å². The molecule has 1 aliphatic rings. The molecule has 0 saturated heterocycles. The number of aliphatic carboxylic acids is 1. The van der Waals surface area contributed by atoms with Crippen LogP contribution < -0.4 is 5.32 Å². The van der Waals surface area contributed by atoms with Crippen molar-refractivity contribution in [2.45, 2.75) is 51.6 Å². The first kappa shape index (κ1) is 16.1.